The zero-order valence-electron chi connectivity index (χ0n) is 15.4. The van der Waals surface area contributed by atoms with E-state index >= 15 is 0 Å². The first-order valence-electron chi connectivity index (χ1n) is 8.53. The number of amides is 1. The first-order valence-corrected chi connectivity index (χ1v) is 10.0. The van der Waals surface area contributed by atoms with Crippen LogP contribution in [0.15, 0.2) is 71.9 Å². The van der Waals surface area contributed by atoms with Crippen LogP contribution in [0.2, 0.25) is 0 Å². The summed E-state index contributed by atoms with van der Waals surface area (Å²) in [6.45, 7) is 0.0547. The highest BCUT2D eigenvalue weighted by molar-refractivity contribution is 7.89. The number of nitrogens with one attached hydrogen (secondary N) is 2. The van der Waals surface area contributed by atoms with Crippen LogP contribution in [-0.4, -0.2) is 26.4 Å². The van der Waals surface area contributed by atoms with E-state index in [1.165, 1.54) is 43.5 Å². The molecule has 9 heteroatoms. The van der Waals surface area contributed by atoms with Crippen LogP contribution < -0.4 is 14.8 Å². The molecular formula is C20H18FN3O4S. The summed E-state index contributed by atoms with van der Waals surface area (Å²) in [5.41, 5.74) is 0.625. The Morgan fingerprint density at radius 1 is 1.14 bits per heavy atom. The van der Waals surface area contributed by atoms with Crippen LogP contribution in [0.3, 0.4) is 0 Å². The smallest absolute Gasteiger partial charge is 0.258 e. The second-order valence-electron chi connectivity index (χ2n) is 5.98. The van der Waals surface area contributed by atoms with Crippen molar-refractivity contribution in [3.63, 3.8) is 0 Å². The van der Waals surface area contributed by atoms with Gasteiger partial charge in [0, 0.05) is 18.9 Å². The van der Waals surface area contributed by atoms with Gasteiger partial charge in [-0.25, -0.2) is 17.5 Å². The van der Waals surface area contributed by atoms with Gasteiger partial charge in [0.25, 0.3) is 5.91 Å². The first-order chi connectivity index (χ1) is 13.9. The van der Waals surface area contributed by atoms with Gasteiger partial charge in [-0.1, -0.05) is 18.2 Å². The lowest BCUT2D eigenvalue weighted by atomic mass is 10.2. The summed E-state index contributed by atoms with van der Waals surface area (Å²) in [4.78, 5) is 16.3. The maximum Gasteiger partial charge on any atom is 0.258 e. The van der Waals surface area contributed by atoms with Gasteiger partial charge in [-0.3, -0.25) is 9.78 Å². The topological polar surface area (TPSA) is 97.4 Å². The lowest BCUT2D eigenvalue weighted by Crippen LogP contribution is -2.23. The molecule has 150 valence electrons. The maximum atomic E-state index is 13.9. The number of sulfonamides is 1. The normalized spacial score (nSPS) is 11.1. The van der Waals surface area contributed by atoms with E-state index in [-0.39, 0.29) is 28.4 Å². The van der Waals surface area contributed by atoms with E-state index in [0.29, 0.717) is 5.56 Å². The molecule has 0 spiro atoms. The van der Waals surface area contributed by atoms with Crippen LogP contribution in [0.4, 0.5) is 10.1 Å². The van der Waals surface area contributed by atoms with Crippen LogP contribution in [0.25, 0.3) is 0 Å². The van der Waals surface area contributed by atoms with Gasteiger partial charge in [0.05, 0.1) is 23.3 Å². The summed E-state index contributed by atoms with van der Waals surface area (Å²) in [6, 6.07) is 12.9. The molecule has 2 aromatic carbocycles. The fourth-order valence-electron chi connectivity index (χ4n) is 2.55. The average Bonchev–Trinajstić information content (AvgIpc) is 2.73. The van der Waals surface area contributed by atoms with Crippen molar-refractivity contribution in [1.29, 1.82) is 0 Å². The molecule has 0 aliphatic carbocycles. The Morgan fingerprint density at radius 3 is 2.62 bits per heavy atom. The van der Waals surface area contributed by atoms with Crippen LogP contribution in [0.5, 0.6) is 5.75 Å². The highest BCUT2D eigenvalue weighted by atomic mass is 32.2. The van der Waals surface area contributed by atoms with E-state index in [9.17, 15) is 17.6 Å². The number of methoxy groups -OCH3 is 1. The number of aromatic nitrogens is 1. The Kier molecular flexibility index (Phi) is 6.20. The highest BCUT2D eigenvalue weighted by Gasteiger charge is 2.19. The second kappa shape index (κ2) is 8.80. The Hall–Kier alpha value is -3.30. The Labute approximate surface area is 167 Å². The SMILES string of the molecule is COc1ccc(S(=O)(=O)NCc2cccnc2)cc1NC(=O)c1ccccc1F. The predicted molar refractivity (Wildman–Crippen MR) is 106 cm³/mol. The lowest BCUT2D eigenvalue weighted by Gasteiger charge is -2.13. The van der Waals surface area contributed by atoms with Crippen molar-refractivity contribution in [2.45, 2.75) is 11.4 Å². The van der Waals surface area contributed by atoms with Gasteiger partial charge < -0.3 is 10.1 Å². The van der Waals surface area contributed by atoms with Crippen molar-refractivity contribution in [1.82, 2.24) is 9.71 Å². The number of anilines is 1. The number of carbonyl (C=O) groups is 1. The summed E-state index contributed by atoms with van der Waals surface area (Å²) in [5.74, 6) is -1.17. The molecule has 0 saturated heterocycles. The van der Waals surface area contributed by atoms with Crippen LogP contribution in [0.1, 0.15) is 15.9 Å². The van der Waals surface area contributed by atoms with E-state index in [1.54, 1.807) is 24.5 Å². The summed E-state index contributed by atoms with van der Waals surface area (Å²) in [7, 11) is -2.50. The molecule has 7 nitrogen and oxygen atoms in total. The number of halogens is 1. The van der Waals surface area contributed by atoms with E-state index < -0.39 is 21.7 Å². The van der Waals surface area contributed by atoms with Crippen molar-refractivity contribution in [2.24, 2.45) is 0 Å². The van der Waals surface area contributed by atoms with Crippen molar-refractivity contribution in [3.05, 3.63) is 83.9 Å². The van der Waals surface area contributed by atoms with E-state index in [0.717, 1.165) is 6.07 Å². The van der Waals surface area contributed by atoms with Crippen molar-refractivity contribution in [2.75, 3.05) is 12.4 Å². The van der Waals surface area contributed by atoms with Crippen LogP contribution >= 0.6 is 0 Å². The third-order valence-electron chi connectivity index (χ3n) is 4.04. The highest BCUT2D eigenvalue weighted by Crippen LogP contribution is 2.28. The second-order valence-corrected chi connectivity index (χ2v) is 7.75. The van der Waals surface area contributed by atoms with Gasteiger partial charge in [-0.2, -0.15) is 0 Å². The molecule has 3 rings (SSSR count). The average molecular weight is 415 g/mol. The summed E-state index contributed by atoms with van der Waals surface area (Å²) in [5, 5.41) is 2.50. The minimum Gasteiger partial charge on any atom is -0.495 e. The van der Waals surface area contributed by atoms with Crippen molar-refractivity contribution >= 4 is 21.6 Å². The molecule has 2 N–H and O–H groups in total. The minimum atomic E-state index is -3.87. The van der Waals surface area contributed by atoms with Crippen molar-refractivity contribution < 1.29 is 22.3 Å². The monoisotopic (exact) mass is 415 g/mol. The van der Waals surface area contributed by atoms with Gasteiger partial charge in [-0.15, -0.1) is 0 Å². The van der Waals surface area contributed by atoms with Gasteiger partial charge >= 0.3 is 0 Å². The zero-order chi connectivity index (χ0) is 20.9. The predicted octanol–water partition coefficient (Wildman–Crippen LogP) is 2.96. The standard InChI is InChI=1S/C20H18FN3O4S/c1-28-19-9-8-15(29(26,27)23-13-14-5-4-10-22-12-14)11-18(19)24-20(25)16-6-2-3-7-17(16)21/h2-12,23H,13H2,1H3,(H,24,25). The van der Waals surface area contributed by atoms with Crippen LogP contribution in [-0.2, 0) is 16.6 Å². The van der Waals surface area contributed by atoms with Gasteiger partial charge in [0.2, 0.25) is 10.0 Å². The van der Waals surface area contributed by atoms with Gasteiger partial charge in [0.1, 0.15) is 11.6 Å². The number of benzene rings is 2. The molecule has 0 aliphatic heterocycles. The first kappa shape index (κ1) is 20.4. The van der Waals surface area contributed by atoms with E-state index in [2.05, 4.69) is 15.0 Å². The number of ether oxygens (including phenoxy) is 1. The third kappa shape index (κ3) is 4.95. The quantitative estimate of drug-likeness (QED) is 0.618. The van der Waals surface area contributed by atoms with Crippen LogP contribution in [0, 0.1) is 5.82 Å². The maximum absolute atomic E-state index is 13.9. The molecule has 0 atom stereocenters. The molecule has 0 radical (unpaired) electrons. The van der Waals surface area contributed by atoms with Crippen molar-refractivity contribution in [3.8, 4) is 5.75 Å². The number of hydrogen-bond acceptors (Lipinski definition) is 5. The molecule has 3 aromatic rings. The van der Waals surface area contributed by atoms with E-state index in [4.69, 9.17) is 4.74 Å². The number of rotatable bonds is 7. The molecule has 0 unspecified atom stereocenters. The molecule has 1 aromatic heterocycles. The number of hydrogen-bond donors (Lipinski definition) is 2. The molecule has 0 saturated carbocycles. The molecule has 0 bridgehead atoms. The molecular weight excluding hydrogens is 397 g/mol. The Balaban J connectivity index is 1.84. The van der Waals surface area contributed by atoms with Gasteiger partial charge in [0.15, 0.2) is 0 Å². The van der Waals surface area contributed by atoms with E-state index in [1.807, 2.05) is 0 Å². The summed E-state index contributed by atoms with van der Waals surface area (Å²) < 4.78 is 46.7. The number of nitrogens with zero attached hydrogens (tertiary/aromatic N) is 1. The molecule has 1 heterocycles. The van der Waals surface area contributed by atoms with Gasteiger partial charge in [-0.05, 0) is 42.0 Å². The number of pyridine rings is 1. The minimum absolute atomic E-state index is 0.0547. The summed E-state index contributed by atoms with van der Waals surface area (Å²) >= 11 is 0. The largest absolute Gasteiger partial charge is 0.495 e. The number of carbonyl (C=O) groups excluding carboxylic acids is 1. The lowest BCUT2D eigenvalue weighted by molar-refractivity contribution is 0.102. The third-order valence-corrected chi connectivity index (χ3v) is 5.44. The zero-order valence-corrected chi connectivity index (χ0v) is 16.2. The molecule has 0 fully saturated rings. The summed E-state index contributed by atoms with van der Waals surface area (Å²) in [6.07, 6.45) is 3.14. The molecule has 1 amide bonds. The fraction of sp³-hybridized carbons (Fsp3) is 0.100. The Bertz CT molecular complexity index is 1120. The molecule has 29 heavy (non-hydrogen) atoms. The Morgan fingerprint density at radius 2 is 1.93 bits per heavy atom. The fourth-order valence-corrected chi connectivity index (χ4v) is 3.59. The molecule has 0 aliphatic rings.